The number of furan rings is 1. The van der Waals surface area contributed by atoms with Crippen molar-refractivity contribution in [3.8, 4) is 0 Å². The first-order valence-corrected chi connectivity index (χ1v) is 8.83. The van der Waals surface area contributed by atoms with Crippen molar-refractivity contribution < 1.29 is 17.6 Å². The number of amides is 1. The number of nitrogens with one attached hydrogen (secondary N) is 1. The van der Waals surface area contributed by atoms with E-state index in [1.807, 2.05) is 0 Å². The van der Waals surface area contributed by atoms with Gasteiger partial charge >= 0.3 is 0 Å². The molecule has 1 aliphatic rings. The smallest absolute Gasteiger partial charge is 0.251 e. The molecule has 1 saturated carbocycles. The summed E-state index contributed by atoms with van der Waals surface area (Å²) in [7, 11) is -2.09. The van der Waals surface area contributed by atoms with E-state index in [1.54, 1.807) is 12.1 Å². The van der Waals surface area contributed by atoms with Gasteiger partial charge in [0.15, 0.2) is 0 Å². The van der Waals surface area contributed by atoms with Crippen LogP contribution in [0.1, 0.15) is 29.0 Å². The fraction of sp³-hybridized carbons (Fsp3) is 0.312. The molecule has 3 rings (SSSR count). The fourth-order valence-corrected chi connectivity index (χ4v) is 4.04. The number of hydrogen-bond acceptors (Lipinski definition) is 4. The van der Waals surface area contributed by atoms with Gasteiger partial charge in [0.05, 0.1) is 17.7 Å². The number of carbonyl (C=O) groups excluding carboxylic acids is 1. The maximum Gasteiger partial charge on any atom is 0.251 e. The molecule has 0 bridgehead atoms. The summed E-state index contributed by atoms with van der Waals surface area (Å²) in [5.41, 5.74) is 0.426. The quantitative estimate of drug-likeness (QED) is 0.876. The fourth-order valence-electron chi connectivity index (χ4n) is 2.39. The Kier molecular flexibility index (Phi) is 4.23. The van der Waals surface area contributed by atoms with Gasteiger partial charge in [-0.2, -0.15) is 4.31 Å². The van der Waals surface area contributed by atoms with E-state index >= 15 is 0 Å². The minimum Gasteiger partial charge on any atom is -0.468 e. The lowest BCUT2D eigenvalue weighted by Crippen LogP contribution is -2.32. The molecule has 122 valence electrons. The molecule has 1 heterocycles. The highest BCUT2D eigenvalue weighted by Gasteiger charge is 2.38. The van der Waals surface area contributed by atoms with Crippen molar-refractivity contribution >= 4 is 15.9 Å². The third-order valence-electron chi connectivity index (χ3n) is 3.80. The van der Waals surface area contributed by atoms with Crippen molar-refractivity contribution in [2.75, 3.05) is 7.05 Å². The lowest BCUT2D eigenvalue weighted by atomic mass is 10.2. The van der Waals surface area contributed by atoms with Crippen molar-refractivity contribution in [1.82, 2.24) is 9.62 Å². The second kappa shape index (κ2) is 6.17. The predicted octanol–water partition coefficient (Wildman–Crippen LogP) is 1.99. The Balaban J connectivity index is 1.87. The molecule has 2 aromatic rings. The number of hydrogen-bond donors (Lipinski definition) is 1. The molecule has 6 nitrogen and oxygen atoms in total. The first-order chi connectivity index (χ1) is 11.0. The summed E-state index contributed by atoms with van der Waals surface area (Å²) in [5, 5.41) is 2.51. The van der Waals surface area contributed by atoms with Crippen LogP contribution in [0.15, 0.2) is 52.0 Å². The standard InChI is InChI=1S/C16H18N2O4S/c1-17-16(19)12-4-8-15(9-5-12)23(20,21)18(13-6-7-13)11-14-3-2-10-22-14/h2-5,8-10,13H,6-7,11H2,1H3,(H,17,19). The average molecular weight is 334 g/mol. The second-order valence-corrected chi connectivity index (χ2v) is 7.35. The molecule has 1 N–H and O–H groups in total. The molecule has 0 atom stereocenters. The zero-order chi connectivity index (χ0) is 16.4. The zero-order valence-electron chi connectivity index (χ0n) is 12.7. The van der Waals surface area contributed by atoms with Gasteiger partial charge in [-0.15, -0.1) is 0 Å². The van der Waals surface area contributed by atoms with Crippen LogP contribution in [0.3, 0.4) is 0 Å². The Hall–Kier alpha value is -2.12. The Morgan fingerprint density at radius 2 is 1.96 bits per heavy atom. The Labute approximate surface area is 135 Å². The van der Waals surface area contributed by atoms with E-state index in [0.717, 1.165) is 12.8 Å². The molecule has 0 aliphatic heterocycles. The largest absolute Gasteiger partial charge is 0.468 e. The van der Waals surface area contributed by atoms with Crippen molar-refractivity contribution in [2.45, 2.75) is 30.3 Å². The topological polar surface area (TPSA) is 79.6 Å². The Morgan fingerprint density at radius 3 is 2.48 bits per heavy atom. The zero-order valence-corrected chi connectivity index (χ0v) is 13.5. The monoisotopic (exact) mass is 334 g/mol. The molecular formula is C16H18N2O4S. The molecule has 1 fully saturated rings. The molecule has 0 unspecified atom stereocenters. The van der Waals surface area contributed by atoms with Gasteiger partial charge in [0.1, 0.15) is 5.76 Å². The van der Waals surface area contributed by atoms with E-state index in [4.69, 9.17) is 4.42 Å². The molecule has 1 aromatic carbocycles. The third kappa shape index (κ3) is 3.30. The van der Waals surface area contributed by atoms with Gasteiger partial charge in [-0.3, -0.25) is 4.79 Å². The van der Waals surface area contributed by atoms with Crippen LogP contribution < -0.4 is 5.32 Å². The maximum atomic E-state index is 12.9. The molecule has 1 aromatic heterocycles. The van der Waals surface area contributed by atoms with Gasteiger partial charge in [0, 0.05) is 18.7 Å². The molecule has 7 heteroatoms. The van der Waals surface area contributed by atoms with Crippen molar-refractivity contribution in [3.63, 3.8) is 0 Å². The van der Waals surface area contributed by atoms with Crippen LogP contribution in [0.4, 0.5) is 0 Å². The van der Waals surface area contributed by atoms with E-state index < -0.39 is 10.0 Å². The van der Waals surface area contributed by atoms with Crippen LogP contribution in [0.5, 0.6) is 0 Å². The molecular weight excluding hydrogens is 316 g/mol. The molecule has 1 amide bonds. The lowest BCUT2D eigenvalue weighted by Gasteiger charge is -2.21. The van der Waals surface area contributed by atoms with Gasteiger partial charge < -0.3 is 9.73 Å². The highest BCUT2D eigenvalue weighted by Crippen LogP contribution is 2.33. The predicted molar refractivity (Wildman–Crippen MR) is 84.3 cm³/mol. The number of benzene rings is 1. The van der Waals surface area contributed by atoms with Crippen molar-refractivity contribution in [3.05, 3.63) is 54.0 Å². The van der Waals surface area contributed by atoms with Gasteiger partial charge in [0.25, 0.3) is 5.91 Å². The first kappa shape index (κ1) is 15.8. The van der Waals surface area contributed by atoms with Crippen LogP contribution in [-0.2, 0) is 16.6 Å². The second-order valence-electron chi connectivity index (χ2n) is 5.46. The third-order valence-corrected chi connectivity index (χ3v) is 5.71. The van der Waals surface area contributed by atoms with Crippen molar-refractivity contribution in [2.24, 2.45) is 0 Å². The molecule has 0 spiro atoms. The molecule has 1 aliphatic carbocycles. The van der Waals surface area contributed by atoms with Crippen LogP contribution in [0, 0.1) is 0 Å². The van der Waals surface area contributed by atoms with Crippen LogP contribution in [-0.4, -0.2) is 31.7 Å². The summed E-state index contributed by atoms with van der Waals surface area (Å²) >= 11 is 0. The maximum absolute atomic E-state index is 12.9. The average Bonchev–Trinajstić information content (AvgIpc) is 3.27. The van der Waals surface area contributed by atoms with E-state index in [1.165, 1.54) is 41.9 Å². The van der Waals surface area contributed by atoms with Crippen LogP contribution in [0.2, 0.25) is 0 Å². The number of nitrogens with zero attached hydrogens (tertiary/aromatic N) is 1. The van der Waals surface area contributed by atoms with E-state index in [-0.39, 0.29) is 23.4 Å². The van der Waals surface area contributed by atoms with Gasteiger partial charge in [-0.05, 0) is 49.2 Å². The van der Waals surface area contributed by atoms with E-state index in [0.29, 0.717) is 11.3 Å². The van der Waals surface area contributed by atoms with Crippen LogP contribution in [0.25, 0.3) is 0 Å². The number of rotatable bonds is 6. The number of sulfonamides is 1. The molecule has 0 radical (unpaired) electrons. The lowest BCUT2D eigenvalue weighted by molar-refractivity contribution is 0.0963. The molecule has 23 heavy (non-hydrogen) atoms. The summed E-state index contributed by atoms with van der Waals surface area (Å²) in [6, 6.07) is 9.50. The number of carbonyl (C=O) groups is 1. The SMILES string of the molecule is CNC(=O)c1ccc(S(=O)(=O)N(Cc2ccco2)C2CC2)cc1. The first-order valence-electron chi connectivity index (χ1n) is 7.39. The van der Waals surface area contributed by atoms with Gasteiger partial charge in [-0.1, -0.05) is 0 Å². The minimum absolute atomic E-state index is 0.0173. The highest BCUT2D eigenvalue weighted by molar-refractivity contribution is 7.89. The summed E-state index contributed by atoms with van der Waals surface area (Å²) in [4.78, 5) is 11.7. The van der Waals surface area contributed by atoms with Crippen LogP contribution >= 0.6 is 0 Å². The van der Waals surface area contributed by atoms with Gasteiger partial charge in [0.2, 0.25) is 10.0 Å². The minimum atomic E-state index is -3.62. The molecule has 0 saturated heterocycles. The summed E-state index contributed by atoms with van der Waals surface area (Å²) in [6.07, 6.45) is 3.25. The normalized spacial score (nSPS) is 14.9. The van der Waals surface area contributed by atoms with Crippen molar-refractivity contribution in [1.29, 1.82) is 0 Å². The highest BCUT2D eigenvalue weighted by atomic mass is 32.2. The van der Waals surface area contributed by atoms with Gasteiger partial charge in [-0.25, -0.2) is 8.42 Å². The Bertz CT molecular complexity index is 778. The van der Waals surface area contributed by atoms with E-state index in [9.17, 15) is 13.2 Å². The summed E-state index contributed by atoms with van der Waals surface area (Å²) < 4.78 is 32.5. The van der Waals surface area contributed by atoms with E-state index in [2.05, 4.69) is 5.32 Å². The summed E-state index contributed by atoms with van der Waals surface area (Å²) in [5.74, 6) is 0.367. The Morgan fingerprint density at radius 1 is 1.26 bits per heavy atom. The summed E-state index contributed by atoms with van der Waals surface area (Å²) in [6.45, 7) is 0.219.